The van der Waals surface area contributed by atoms with Gasteiger partial charge in [0.2, 0.25) is 15.1 Å². The maximum absolute atomic E-state index is 13.7. The van der Waals surface area contributed by atoms with Crippen LogP contribution in [0.2, 0.25) is 0 Å². The van der Waals surface area contributed by atoms with E-state index in [1.165, 1.54) is 25.1 Å². The van der Waals surface area contributed by atoms with Crippen molar-refractivity contribution in [1.82, 2.24) is 5.32 Å². The molecule has 19 heteroatoms. The van der Waals surface area contributed by atoms with Crippen LogP contribution >= 0.6 is 24.1 Å². The Morgan fingerprint density at radius 3 is 2.66 bits per heavy atom. The standard InChI is InChI=1S/C34H46B3NO12S3/c1-18(10-11-44-21-6-4-3-5-7-21)28-32(53(43)16-37)27(41)34(48-28)47-22-9-8-20(13-23(22)49-51-14-35)12-19(2)33(42)38-24-25(39)26(40)30-31(46-17-45-30)29(24)50-52-15-36/h3-10,12-13,24-32,34,39-41H,11,14-17,35-37H2,1-2H3,(H,38,42)/b18-10+,19-12+/t24?,25-,26+,27?,28+,29+,30+,31-,32-,34+,53?/m0/s1/i35TD,36TD,37TD,39T,40T. The van der Waals surface area contributed by atoms with Crippen LogP contribution in [0.15, 0.2) is 65.8 Å². The number of aliphatic hydroxyl groups is 3. The first-order valence-corrected chi connectivity index (χ1v) is 19.9. The highest BCUT2D eigenvalue weighted by atomic mass is 32.2. The molecule has 0 spiro atoms. The molecule has 3 fully saturated rings. The fourth-order valence-corrected chi connectivity index (χ4v) is 8.12. The summed E-state index contributed by atoms with van der Waals surface area (Å²) in [6.07, 6.45) is -5.65. The van der Waals surface area contributed by atoms with Gasteiger partial charge in [-0.25, -0.2) is 0 Å². The summed E-state index contributed by atoms with van der Waals surface area (Å²) >= 11 is 1.61. The summed E-state index contributed by atoms with van der Waals surface area (Å²) in [5, 5.41) is 23.0. The monoisotopic (exact) mass is 802 g/mol. The van der Waals surface area contributed by atoms with Gasteiger partial charge in [-0.05, 0) is 92.8 Å². The van der Waals surface area contributed by atoms with Crippen molar-refractivity contribution in [3.63, 3.8) is 0 Å². The Morgan fingerprint density at radius 2 is 1.89 bits per heavy atom. The minimum absolute atomic E-state index is 0.0298. The molecule has 1 amide bonds. The zero-order chi connectivity index (χ0) is 44.2. The summed E-state index contributed by atoms with van der Waals surface area (Å²) in [4.78, 5) is 13.7. The number of aliphatic hydroxyl groups excluding tert-OH is 3. The fraction of sp³-hybridized carbons (Fsp3) is 0.500. The zero-order valence-electron chi connectivity index (χ0n) is 37.0. The van der Waals surface area contributed by atoms with Crippen molar-refractivity contribution in [2.24, 2.45) is 0 Å². The number of rotatable bonds is 22. The Morgan fingerprint density at radius 1 is 1.09 bits per heavy atom. The molecule has 53 heavy (non-hydrogen) atoms. The highest BCUT2D eigenvalue weighted by Gasteiger charge is 2.55. The summed E-state index contributed by atoms with van der Waals surface area (Å²) in [6.45, 7) is 3.22. The molecule has 1 saturated carbocycles. The number of para-hydroxylation sites is 1. The lowest BCUT2D eigenvalue weighted by Gasteiger charge is -2.43. The third-order valence-corrected chi connectivity index (χ3v) is 11.1. The molecule has 2 saturated heterocycles. The minimum Gasteiger partial charge on any atom is -0.490 e. The average Bonchev–Trinajstić information content (AvgIpc) is 3.83. The second kappa shape index (κ2) is 19.9. The molecule has 0 radical (unpaired) electrons. The van der Waals surface area contributed by atoms with Crippen LogP contribution in [0.4, 0.5) is 0 Å². The van der Waals surface area contributed by atoms with E-state index in [-0.39, 0.29) is 47.4 Å². The quantitative estimate of drug-likeness (QED) is 0.0520. The molecule has 1 aliphatic carbocycles. The first-order valence-electron chi connectivity index (χ1n) is 20.9. The Hall–Kier alpha value is -2.45. The first-order chi connectivity index (χ1) is 29.2. The molecular formula is C34H46B3NO12S3. The van der Waals surface area contributed by atoms with Crippen molar-refractivity contribution >= 4 is 70.2 Å². The van der Waals surface area contributed by atoms with Gasteiger partial charge in [0.05, 0.1) is 17.4 Å². The van der Waals surface area contributed by atoms with Crippen LogP contribution in [0, 0.1) is 0 Å². The van der Waals surface area contributed by atoms with Gasteiger partial charge in [0, 0.05) is 34.1 Å². The second-order valence-corrected chi connectivity index (χ2v) is 15.3. The van der Waals surface area contributed by atoms with Gasteiger partial charge in [0.25, 0.3) is 0 Å². The maximum atomic E-state index is 13.7. The van der Waals surface area contributed by atoms with E-state index >= 15 is 0 Å². The number of benzene rings is 2. The lowest BCUT2D eigenvalue weighted by molar-refractivity contribution is -0.147. The van der Waals surface area contributed by atoms with Crippen LogP contribution in [0.5, 0.6) is 17.2 Å². The van der Waals surface area contributed by atoms with Crippen LogP contribution in [0.25, 0.3) is 6.08 Å². The number of hydrogen-bond donors (Lipinski definition) is 4. The molecule has 11 atom stereocenters. The van der Waals surface area contributed by atoms with Gasteiger partial charge in [-0.1, -0.05) is 24.3 Å². The number of ether oxygens (including phenoxy) is 5. The van der Waals surface area contributed by atoms with Gasteiger partial charge in [-0.2, -0.15) is 0 Å². The topological polar surface area (TPSA) is 171 Å². The largest absolute Gasteiger partial charge is 0.490 e. The Balaban J connectivity index is 1.37. The summed E-state index contributed by atoms with van der Waals surface area (Å²) in [5.74, 6) is 0.146. The molecule has 2 aliphatic heterocycles. The molecule has 0 bridgehead atoms. The van der Waals surface area contributed by atoms with E-state index in [4.69, 9.17) is 53.1 Å². The predicted molar refractivity (Wildman–Crippen MR) is 212 cm³/mol. The zero-order valence-corrected chi connectivity index (χ0v) is 31.4. The van der Waals surface area contributed by atoms with E-state index in [2.05, 4.69) is 5.32 Å². The van der Waals surface area contributed by atoms with Crippen molar-refractivity contribution in [2.45, 2.75) is 74.2 Å². The fourth-order valence-electron chi connectivity index (χ4n) is 6.12. The normalized spacial score (nSPS) is 32.6. The molecule has 5 rings (SSSR count). The number of carbonyl (C=O) groups excluding carboxylic acids is 1. The summed E-state index contributed by atoms with van der Waals surface area (Å²) < 4.78 is 116. The van der Waals surface area contributed by atoms with Crippen LogP contribution in [0.3, 0.4) is 0 Å². The number of amides is 1. The van der Waals surface area contributed by atoms with Gasteiger partial charge in [-0.3, -0.25) is 9.00 Å². The number of fused-ring (bicyclic) bond motifs is 1. The Bertz CT molecular complexity index is 1820. The van der Waals surface area contributed by atoms with Gasteiger partial charge in [0.15, 0.2) is 11.5 Å². The van der Waals surface area contributed by atoms with Crippen LogP contribution < -0.4 is 19.0 Å². The molecule has 2 aromatic rings. The molecule has 0 aromatic heterocycles. The number of hydrogen-bond acceptors (Lipinski definition) is 14. The van der Waals surface area contributed by atoms with Crippen LogP contribution in [-0.4, -0.2) is 150 Å². The highest BCUT2D eigenvalue weighted by Crippen LogP contribution is 2.38. The van der Waals surface area contributed by atoms with Gasteiger partial charge in [0.1, 0.15) is 79.1 Å². The molecule has 3 unspecified atom stereocenters. The van der Waals surface area contributed by atoms with Crippen LogP contribution in [-0.2, 0) is 34.0 Å². The Kier molecular flexibility index (Phi) is 11.9. The van der Waals surface area contributed by atoms with E-state index < -0.39 is 100 Å². The smallest absolute Gasteiger partial charge is 0.247 e. The summed E-state index contributed by atoms with van der Waals surface area (Å²) in [6, 6.07) is 12.6. The molecule has 13 nitrogen and oxygen atoms in total. The van der Waals surface area contributed by atoms with Crippen molar-refractivity contribution in [3.05, 3.63) is 71.3 Å². The molecule has 3 aliphatic rings. The van der Waals surface area contributed by atoms with Crippen molar-refractivity contribution < 1.29 is 56.4 Å². The first kappa shape index (κ1) is 31.7. The third kappa shape index (κ3) is 10.3. The van der Waals surface area contributed by atoms with Gasteiger partial charge >= 0.3 is 0 Å². The van der Waals surface area contributed by atoms with Crippen LogP contribution in [0.1, 0.15) is 19.4 Å². The molecule has 4 N–H and O–H groups in total. The summed E-state index contributed by atoms with van der Waals surface area (Å²) in [5.41, 5.74) is 0.755. The lowest BCUT2D eigenvalue weighted by Crippen LogP contribution is -2.67. The summed E-state index contributed by atoms with van der Waals surface area (Å²) in [7, 11) is -5.73. The van der Waals surface area contributed by atoms with E-state index in [0.717, 1.165) is 24.1 Å². The van der Waals surface area contributed by atoms with E-state index in [0.29, 0.717) is 16.9 Å². The van der Waals surface area contributed by atoms with Crippen molar-refractivity contribution in [3.8, 4) is 17.2 Å². The van der Waals surface area contributed by atoms with Crippen molar-refractivity contribution in [2.75, 3.05) is 30.4 Å². The van der Waals surface area contributed by atoms with Gasteiger partial charge in [-0.15, -0.1) is 0 Å². The van der Waals surface area contributed by atoms with Gasteiger partial charge < -0.3 is 52.7 Å². The van der Waals surface area contributed by atoms with E-state index in [1.807, 2.05) is 18.2 Å². The third-order valence-electron chi connectivity index (χ3n) is 8.75. The van der Waals surface area contributed by atoms with E-state index in [9.17, 15) is 14.1 Å². The maximum Gasteiger partial charge on any atom is 0.247 e. The minimum atomic E-state index is -1.88. The molecule has 2 aromatic carbocycles. The average molecular weight is 802 g/mol. The molecular weight excluding hydrogens is 743 g/mol. The molecule has 286 valence electrons. The second-order valence-electron chi connectivity index (χ2n) is 12.2. The predicted octanol–water partition coefficient (Wildman–Crippen LogP) is -0.509. The number of nitrogens with one attached hydrogen (secondary N) is 1. The Labute approximate surface area is 335 Å². The van der Waals surface area contributed by atoms with E-state index in [1.54, 1.807) is 31.2 Å². The van der Waals surface area contributed by atoms with Crippen molar-refractivity contribution in [1.29, 1.82) is 10.9 Å². The molecule has 2 heterocycles. The highest BCUT2D eigenvalue weighted by molar-refractivity contribution is 7.96. The number of carbonyl (C=O) groups is 1. The lowest BCUT2D eigenvalue weighted by atomic mass is 9.83. The SMILES string of the molecule is [2H]B([3H])CSOc1cc(/C=C(\C)C(=O)NC2[C@@H](OSCB([2H])[3H])[C@@H]3OCO[C@@H]3[C@H](O[3H])[C@H]2O[3H])ccc1O[C@@H]1O[C@H](/C(C)=C/COc2ccccc2)[C@@H](S(=O)CB([2H])[3H])C1O.